The highest BCUT2D eigenvalue weighted by molar-refractivity contribution is 5.94. The SMILES string of the molecule is O=C(NCCc1ccccc1F)c1ccc(NCCCc2ccccc2)nc1. The second kappa shape index (κ2) is 10.2. The summed E-state index contributed by atoms with van der Waals surface area (Å²) in [6, 6.07) is 20.5. The number of hydrogen-bond acceptors (Lipinski definition) is 3. The summed E-state index contributed by atoms with van der Waals surface area (Å²) in [4.78, 5) is 16.5. The first-order valence-corrected chi connectivity index (χ1v) is 9.48. The van der Waals surface area contributed by atoms with E-state index in [1.165, 1.54) is 11.6 Å². The molecular weight excluding hydrogens is 353 g/mol. The van der Waals surface area contributed by atoms with Gasteiger partial charge in [-0.3, -0.25) is 4.79 Å². The van der Waals surface area contributed by atoms with Crippen molar-refractivity contribution in [2.45, 2.75) is 19.3 Å². The molecule has 5 heteroatoms. The Balaban J connectivity index is 1.39. The van der Waals surface area contributed by atoms with Crippen LogP contribution < -0.4 is 10.6 Å². The number of aromatic nitrogens is 1. The monoisotopic (exact) mass is 377 g/mol. The van der Waals surface area contributed by atoms with Crippen LogP contribution in [0.2, 0.25) is 0 Å². The summed E-state index contributed by atoms with van der Waals surface area (Å²) in [7, 11) is 0. The molecule has 2 aromatic carbocycles. The topological polar surface area (TPSA) is 54.0 Å². The second-order valence-corrected chi connectivity index (χ2v) is 6.55. The second-order valence-electron chi connectivity index (χ2n) is 6.55. The van der Waals surface area contributed by atoms with Gasteiger partial charge in [-0.15, -0.1) is 0 Å². The van der Waals surface area contributed by atoms with Gasteiger partial charge in [0.25, 0.3) is 5.91 Å². The molecule has 0 radical (unpaired) electrons. The summed E-state index contributed by atoms with van der Waals surface area (Å²) >= 11 is 0. The van der Waals surface area contributed by atoms with E-state index in [1.807, 2.05) is 18.2 Å². The summed E-state index contributed by atoms with van der Waals surface area (Å²) in [6.45, 7) is 1.19. The van der Waals surface area contributed by atoms with E-state index in [9.17, 15) is 9.18 Å². The van der Waals surface area contributed by atoms with Crippen LogP contribution in [0.3, 0.4) is 0 Å². The molecule has 3 aromatic rings. The Morgan fingerprint density at radius 1 is 0.893 bits per heavy atom. The van der Waals surface area contributed by atoms with Crippen molar-refractivity contribution >= 4 is 11.7 Å². The lowest BCUT2D eigenvalue weighted by Gasteiger charge is -2.08. The molecule has 0 saturated heterocycles. The first-order chi connectivity index (χ1) is 13.7. The number of hydrogen-bond donors (Lipinski definition) is 2. The molecule has 0 bridgehead atoms. The Kier molecular flexibility index (Phi) is 7.13. The van der Waals surface area contributed by atoms with E-state index in [0.717, 1.165) is 25.2 Å². The quantitative estimate of drug-likeness (QED) is 0.549. The van der Waals surface area contributed by atoms with Crippen molar-refractivity contribution in [2.24, 2.45) is 0 Å². The van der Waals surface area contributed by atoms with Gasteiger partial charge in [-0.25, -0.2) is 9.37 Å². The smallest absolute Gasteiger partial charge is 0.252 e. The normalized spacial score (nSPS) is 10.5. The maximum absolute atomic E-state index is 13.6. The number of pyridine rings is 1. The average Bonchev–Trinajstić information content (AvgIpc) is 2.74. The first-order valence-electron chi connectivity index (χ1n) is 9.48. The number of anilines is 1. The van der Waals surface area contributed by atoms with Gasteiger partial charge in [-0.05, 0) is 48.6 Å². The maximum atomic E-state index is 13.6. The number of amides is 1. The van der Waals surface area contributed by atoms with Crippen LogP contribution in [0.15, 0.2) is 72.9 Å². The molecule has 4 nitrogen and oxygen atoms in total. The highest BCUT2D eigenvalue weighted by atomic mass is 19.1. The van der Waals surface area contributed by atoms with Gasteiger partial charge >= 0.3 is 0 Å². The van der Waals surface area contributed by atoms with Gasteiger partial charge < -0.3 is 10.6 Å². The minimum atomic E-state index is -0.249. The molecule has 0 saturated carbocycles. The van der Waals surface area contributed by atoms with Gasteiger partial charge in [0.2, 0.25) is 0 Å². The number of nitrogens with one attached hydrogen (secondary N) is 2. The number of nitrogens with zero attached hydrogens (tertiary/aromatic N) is 1. The molecule has 3 rings (SSSR count). The Morgan fingerprint density at radius 2 is 1.68 bits per heavy atom. The molecule has 0 unspecified atom stereocenters. The number of rotatable bonds is 9. The fourth-order valence-electron chi connectivity index (χ4n) is 2.90. The van der Waals surface area contributed by atoms with E-state index in [2.05, 4.69) is 27.8 Å². The molecular formula is C23H24FN3O. The van der Waals surface area contributed by atoms with Crippen molar-refractivity contribution < 1.29 is 9.18 Å². The summed E-state index contributed by atoms with van der Waals surface area (Å²) in [6.07, 6.45) is 4.02. The van der Waals surface area contributed by atoms with Crippen molar-refractivity contribution in [3.63, 3.8) is 0 Å². The van der Waals surface area contributed by atoms with Crippen LogP contribution in [0, 0.1) is 5.82 Å². The molecule has 2 N–H and O–H groups in total. The molecule has 0 aliphatic carbocycles. The number of benzene rings is 2. The lowest BCUT2D eigenvalue weighted by atomic mass is 10.1. The van der Waals surface area contributed by atoms with Crippen LogP contribution in [-0.2, 0) is 12.8 Å². The van der Waals surface area contributed by atoms with Crippen LogP contribution in [0.5, 0.6) is 0 Å². The minimum Gasteiger partial charge on any atom is -0.370 e. The van der Waals surface area contributed by atoms with Crippen molar-refractivity contribution in [3.05, 3.63) is 95.4 Å². The third kappa shape index (κ3) is 5.91. The van der Waals surface area contributed by atoms with Crippen molar-refractivity contribution in [1.29, 1.82) is 0 Å². The lowest BCUT2D eigenvalue weighted by Crippen LogP contribution is -2.26. The van der Waals surface area contributed by atoms with E-state index in [-0.39, 0.29) is 11.7 Å². The van der Waals surface area contributed by atoms with E-state index >= 15 is 0 Å². The molecule has 0 fully saturated rings. The molecule has 0 aliphatic rings. The van der Waals surface area contributed by atoms with Crippen LogP contribution in [0.1, 0.15) is 27.9 Å². The van der Waals surface area contributed by atoms with E-state index < -0.39 is 0 Å². The Morgan fingerprint density at radius 3 is 2.43 bits per heavy atom. The standard InChI is InChI=1S/C23H24FN3O/c24-21-11-5-4-10-19(21)14-16-26-23(28)20-12-13-22(27-17-20)25-15-6-9-18-7-2-1-3-8-18/h1-5,7-8,10-13,17H,6,9,14-16H2,(H,25,27)(H,26,28). The Labute approximate surface area is 164 Å². The highest BCUT2D eigenvalue weighted by Crippen LogP contribution is 2.08. The zero-order chi connectivity index (χ0) is 19.6. The van der Waals surface area contributed by atoms with Gasteiger partial charge in [0, 0.05) is 19.3 Å². The first kappa shape index (κ1) is 19.5. The van der Waals surface area contributed by atoms with Crippen LogP contribution in [0.4, 0.5) is 10.2 Å². The zero-order valence-corrected chi connectivity index (χ0v) is 15.7. The molecule has 0 atom stereocenters. The molecule has 0 aliphatic heterocycles. The molecule has 1 aromatic heterocycles. The van der Waals surface area contributed by atoms with Gasteiger partial charge in [0.1, 0.15) is 11.6 Å². The van der Waals surface area contributed by atoms with E-state index in [4.69, 9.17) is 0 Å². The van der Waals surface area contributed by atoms with Crippen molar-refractivity contribution in [2.75, 3.05) is 18.4 Å². The highest BCUT2D eigenvalue weighted by Gasteiger charge is 2.07. The Hall–Kier alpha value is -3.21. The average molecular weight is 377 g/mol. The van der Waals surface area contributed by atoms with Gasteiger partial charge in [0.05, 0.1) is 5.56 Å². The molecule has 28 heavy (non-hydrogen) atoms. The van der Waals surface area contributed by atoms with Crippen LogP contribution in [-0.4, -0.2) is 24.0 Å². The van der Waals surface area contributed by atoms with Gasteiger partial charge in [0.15, 0.2) is 0 Å². The Bertz CT molecular complexity index is 882. The fraction of sp³-hybridized carbons (Fsp3) is 0.217. The van der Waals surface area contributed by atoms with Crippen LogP contribution in [0.25, 0.3) is 0 Å². The van der Waals surface area contributed by atoms with Crippen molar-refractivity contribution in [3.8, 4) is 0 Å². The number of carbonyl (C=O) groups is 1. The molecule has 144 valence electrons. The summed E-state index contributed by atoms with van der Waals surface area (Å²) < 4.78 is 13.6. The predicted octanol–water partition coefficient (Wildman–Crippen LogP) is 4.24. The minimum absolute atomic E-state index is 0.209. The molecule has 1 heterocycles. The number of carbonyl (C=O) groups excluding carboxylic acids is 1. The van der Waals surface area contributed by atoms with Gasteiger partial charge in [-0.2, -0.15) is 0 Å². The van der Waals surface area contributed by atoms with Crippen LogP contribution >= 0.6 is 0 Å². The summed E-state index contributed by atoms with van der Waals surface area (Å²) in [5, 5.41) is 6.07. The molecule has 0 spiro atoms. The van der Waals surface area contributed by atoms with E-state index in [1.54, 1.807) is 36.5 Å². The predicted molar refractivity (Wildman–Crippen MR) is 110 cm³/mol. The zero-order valence-electron chi connectivity index (χ0n) is 15.7. The largest absolute Gasteiger partial charge is 0.370 e. The number of aryl methyl sites for hydroxylation is 1. The molecule has 1 amide bonds. The van der Waals surface area contributed by atoms with Crippen molar-refractivity contribution in [1.82, 2.24) is 10.3 Å². The summed E-state index contributed by atoms with van der Waals surface area (Å²) in [5.41, 5.74) is 2.40. The third-order valence-corrected chi connectivity index (χ3v) is 4.45. The third-order valence-electron chi connectivity index (χ3n) is 4.45. The maximum Gasteiger partial charge on any atom is 0.252 e. The van der Waals surface area contributed by atoms with Gasteiger partial charge in [-0.1, -0.05) is 48.5 Å². The van der Waals surface area contributed by atoms with E-state index in [0.29, 0.717) is 24.1 Å². The fourth-order valence-corrected chi connectivity index (χ4v) is 2.90. The number of halogens is 1. The lowest BCUT2D eigenvalue weighted by molar-refractivity contribution is 0.0953. The summed E-state index contributed by atoms with van der Waals surface area (Å²) in [5.74, 6) is 0.288.